The van der Waals surface area contributed by atoms with Crippen LogP contribution in [0, 0.1) is 11.3 Å². The van der Waals surface area contributed by atoms with Crippen LogP contribution in [-0.2, 0) is 9.53 Å². The Labute approximate surface area is 120 Å². The summed E-state index contributed by atoms with van der Waals surface area (Å²) in [5.74, 6) is 0.514. The molecule has 0 aromatic heterocycles. The molecule has 2 aliphatic rings. The second-order valence-corrected chi connectivity index (χ2v) is 5.96. The molecule has 1 spiro atoms. The molecular weight excluding hydrogens is 258 g/mol. The van der Waals surface area contributed by atoms with E-state index in [1.807, 2.05) is 9.80 Å². The second kappa shape index (κ2) is 5.99. The topological polar surface area (TPSA) is 61.9 Å². The third kappa shape index (κ3) is 2.75. The fourth-order valence-corrected chi connectivity index (χ4v) is 3.58. The molecule has 3 amide bonds. The number of hydrogen-bond donors (Lipinski definition) is 1. The molecule has 1 N–H and O–H groups in total. The normalized spacial score (nSPS) is 25.1. The van der Waals surface area contributed by atoms with E-state index < -0.39 is 0 Å². The Kier molecular flexibility index (Phi) is 4.52. The first-order valence-corrected chi connectivity index (χ1v) is 7.23. The number of carbonyl (C=O) groups is 2. The molecule has 0 radical (unpaired) electrons. The van der Waals surface area contributed by atoms with E-state index in [0.717, 1.165) is 39.0 Å². The van der Waals surface area contributed by atoms with Crippen LogP contribution < -0.4 is 5.32 Å². The fourth-order valence-electron chi connectivity index (χ4n) is 3.58. The highest BCUT2D eigenvalue weighted by atomic mass is 16.5. The zero-order chi connectivity index (χ0) is 14.8. The first kappa shape index (κ1) is 15.1. The smallest absolute Gasteiger partial charge is 0.317 e. The molecular formula is C14H25N3O3. The van der Waals surface area contributed by atoms with Gasteiger partial charge < -0.3 is 19.9 Å². The highest BCUT2D eigenvalue weighted by Crippen LogP contribution is 2.44. The predicted molar refractivity (Wildman–Crippen MR) is 75.3 cm³/mol. The monoisotopic (exact) mass is 283 g/mol. The average Bonchev–Trinajstić information content (AvgIpc) is 2.78. The molecule has 2 aliphatic heterocycles. The maximum Gasteiger partial charge on any atom is 0.317 e. The maximum absolute atomic E-state index is 11.7. The number of hydrogen-bond acceptors (Lipinski definition) is 3. The lowest BCUT2D eigenvalue weighted by atomic mass is 9.71. The van der Waals surface area contributed by atoms with Gasteiger partial charge in [-0.1, -0.05) is 0 Å². The van der Waals surface area contributed by atoms with Gasteiger partial charge >= 0.3 is 6.03 Å². The van der Waals surface area contributed by atoms with E-state index in [2.05, 4.69) is 5.32 Å². The van der Waals surface area contributed by atoms with E-state index in [9.17, 15) is 9.59 Å². The van der Waals surface area contributed by atoms with Gasteiger partial charge in [0.15, 0.2) is 0 Å². The van der Waals surface area contributed by atoms with Gasteiger partial charge in [-0.3, -0.25) is 4.79 Å². The summed E-state index contributed by atoms with van der Waals surface area (Å²) in [5.41, 5.74) is 0.117. The number of amides is 3. The Hall–Kier alpha value is -1.30. The zero-order valence-corrected chi connectivity index (χ0v) is 12.6. The SMILES string of the molecule is CNC(=O)N1CCC2(CC1)CN(C(C)=O)CC2COC. The van der Waals surface area contributed by atoms with Crippen molar-refractivity contribution in [1.29, 1.82) is 0 Å². The summed E-state index contributed by atoms with van der Waals surface area (Å²) in [6.07, 6.45) is 1.89. The van der Waals surface area contributed by atoms with Gasteiger partial charge in [-0.05, 0) is 18.3 Å². The van der Waals surface area contributed by atoms with Crippen LogP contribution in [-0.4, -0.2) is 68.7 Å². The molecule has 0 aromatic rings. The van der Waals surface area contributed by atoms with Gasteiger partial charge in [-0.15, -0.1) is 0 Å². The molecule has 2 saturated heterocycles. The molecule has 0 aliphatic carbocycles. The lowest BCUT2D eigenvalue weighted by Crippen LogP contribution is -2.49. The Morgan fingerprint density at radius 2 is 1.95 bits per heavy atom. The number of nitrogens with one attached hydrogen (secondary N) is 1. The molecule has 2 rings (SSSR count). The molecule has 114 valence electrons. The molecule has 6 nitrogen and oxygen atoms in total. The van der Waals surface area contributed by atoms with Crippen molar-refractivity contribution in [2.75, 3.05) is 46.9 Å². The Morgan fingerprint density at radius 1 is 1.30 bits per heavy atom. The molecule has 0 saturated carbocycles. The van der Waals surface area contributed by atoms with Crippen molar-refractivity contribution >= 4 is 11.9 Å². The minimum Gasteiger partial charge on any atom is -0.384 e. The molecule has 2 fully saturated rings. The van der Waals surface area contributed by atoms with Crippen LogP contribution in [0.2, 0.25) is 0 Å². The predicted octanol–water partition coefficient (Wildman–Crippen LogP) is 0.533. The number of nitrogens with zero attached hydrogens (tertiary/aromatic N) is 2. The van der Waals surface area contributed by atoms with E-state index in [-0.39, 0.29) is 17.4 Å². The van der Waals surface area contributed by atoms with Gasteiger partial charge in [-0.2, -0.15) is 0 Å². The fraction of sp³-hybridized carbons (Fsp3) is 0.857. The highest BCUT2D eigenvalue weighted by molar-refractivity contribution is 5.74. The lowest BCUT2D eigenvalue weighted by Gasteiger charge is -2.42. The van der Waals surface area contributed by atoms with E-state index >= 15 is 0 Å². The third-order valence-electron chi connectivity index (χ3n) is 4.89. The summed E-state index contributed by atoms with van der Waals surface area (Å²) in [4.78, 5) is 27.1. The van der Waals surface area contributed by atoms with Crippen LogP contribution in [0.1, 0.15) is 19.8 Å². The number of urea groups is 1. The number of ether oxygens (including phenoxy) is 1. The van der Waals surface area contributed by atoms with Crippen LogP contribution in [0.25, 0.3) is 0 Å². The zero-order valence-electron chi connectivity index (χ0n) is 12.6. The van der Waals surface area contributed by atoms with Crippen molar-refractivity contribution in [3.63, 3.8) is 0 Å². The first-order chi connectivity index (χ1) is 9.52. The number of likely N-dealkylation sites (tertiary alicyclic amines) is 2. The number of rotatable bonds is 2. The lowest BCUT2D eigenvalue weighted by molar-refractivity contribution is -0.128. The summed E-state index contributed by atoms with van der Waals surface area (Å²) < 4.78 is 5.35. The molecule has 1 unspecified atom stereocenters. The summed E-state index contributed by atoms with van der Waals surface area (Å²) >= 11 is 0. The van der Waals surface area contributed by atoms with Gasteiger partial charge in [0.05, 0.1) is 6.61 Å². The van der Waals surface area contributed by atoms with Gasteiger partial charge in [0.25, 0.3) is 0 Å². The van der Waals surface area contributed by atoms with Gasteiger partial charge in [0.1, 0.15) is 0 Å². The van der Waals surface area contributed by atoms with Gasteiger partial charge in [0.2, 0.25) is 5.91 Å². The van der Waals surface area contributed by atoms with Crippen molar-refractivity contribution in [3.05, 3.63) is 0 Å². The van der Waals surface area contributed by atoms with Crippen LogP contribution in [0.4, 0.5) is 4.79 Å². The number of piperidine rings is 1. The number of carbonyl (C=O) groups excluding carboxylic acids is 2. The summed E-state index contributed by atoms with van der Waals surface area (Å²) in [6.45, 7) is 5.41. The van der Waals surface area contributed by atoms with Crippen molar-refractivity contribution in [3.8, 4) is 0 Å². The quantitative estimate of drug-likeness (QED) is 0.804. The summed E-state index contributed by atoms with van der Waals surface area (Å²) in [6, 6.07) is -0.00966. The minimum absolute atomic E-state index is 0.00966. The largest absolute Gasteiger partial charge is 0.384 e. The van der Waals surface area contributed by atoms with E-state index in [0.29, 0.717) is 12.5 Å². The first-order valence-electron chi connectivity index (χ1n) is 7.23. The molecule has 1 atom stereocenters. The molecule has 0 bridgehead atoms. The molecule has 20 heavy (non-hydrogen) atoms. The molecule has 0 aromatic carbocycles. The Balaban J connectivity index is 2.05. The van der Waals surface area contributed by atoms with Crippen molar-refractivity contribution < 1.29 is 14.3 Å². The van der Waals surface area contributed by atoms with E-state index in [1.165, 1.54) is 0 Å². The van der Waals surface area contributed by atoms with Crippen molar-refractivity contribution in [2.24, 2.45) is 11.3 Å². The Bertz CT molecular complexity index is 378. The molecule has 2 heterocycles. The average molecular weight is 283 g/mol. The highest BCUT2D eigenvalue weighted by Gasteiger charge is 2.48. The Morgan fingerprint density at radius 3 is 2.45 bits per heavy atom. The van der Waals surface area contributed by atoms with E-state index in [1.54, 1.807) is 21.1 Å². The summed E-state index contributed by atoms with van der Waals surface area (Å²) in [5, 5.41) is 2.67. The van der Waals surface area contributed by atoms with Crippen LogP contribution in [0.3, 0.4) is 0 Å². The minimum atomic E-state index is -0.00966. The summed E-state index contributed by atoms with van der Waals surface area (Å²) in [7, 11) is 3.37. The van der Waals surface area contributed by atoms with E-state index in [4.69, 9.17) is 4.74 Å². The maximum atomic E-state index is 11.7. The van der Waals surface area contributed by atoms with Crippen LogP contribution in [0.5, 0.6) is 0 Å². The van der Waals surface area contributed by atoms with Crippen LogP contribution in [0.15, 0.2) is 0 Å². The van der Waals surface area contributed by atoms with Crippen LogP contribution >= 0.6 is 0 Å². The van der Waals surface area contributed by atoms with Gasteiger partial charge in [0, 0.05) is 53.2 Å². The van der Waals surface area contributed by atoms with Crippen molar-refractivity contribution in [1.82, 2.24) is 15.1 Å². The number of methoxy groups -OCH3 is 1. The third-order valence-corrected chi connectivity index (χ3v) is 4.89. The molecule has 6 heteroatoms. The van der Waals surface area contributed by atoms with Gasteiger partial charge in [-0.25, -0.2) is 4.79 Å². The van der Waals surface area contributed by atoms with Crippen molar-refractivity contribution in [2.45, 2.75) is 19.8 Å². The second-order valence-electron chi connectivity index (χ2n) is 5.96. The standard InChI is InChI=1S/C14H25N3O3/c1-11(18)17-8-12(9-20-3)14(10-17)4-6-16(7-5-14)13(19)15-2/h12H,4-10H2,1-3H3,(H,15,19).